The Labute approximate surface area is 202 Å². The van der Waals surface area contributed by atoms with Crippen LogP contribution in [0.2, 0.25) is 0 Å². The molecule has 8 heteroatoms. The molecule has 1 aliphatic rings. The van der Waals surface area contributed by atoms with E-state index in [1.54, 1.807) is 16.4 Å². The second-order valence-corrected chi connectivity index (χ2v) is 10.8. The van der Waals surface area contributed by atoms with E-state index in [9.17, 15) is 8.42 Å². The Bertz CT molecular complexity index is 1200. The maximum absolute atomic E-state index is 13.2. The third kappa shape index (κ3) is 5.74. The van der Waals surface area contributed by atoms with Crippen molar-refractivity contribution in [3.63, 3.8) is 0 Å². The van der Waals surface area contributed by atoms with Crippen LogP contribution >= 0.6 is 0 Å². The fraction of sp³-hybridized carbons (Fsp3) is 0.385. The lowest BCUT2D eigenvalue weighted by molar-refractivity contribution is 0.382. The van der Waals surface area contributed by atoms with Gasteiger partial charge in [0.2, 0.25) is 16.0 Å². The summed E-state index contributed by atoms with van der Waals surface area (Å²) in [5.41, 5.74) is 4.20. The quantitative estimate of drug-likeness (QED) is 0.505. The molecule has 0 spiro atoms. The molecule has 1 saturated heterocycles. The average molecular weight is 480 g/mol. The fourth-order valence-electron chi connectivity index (χ4n) is 4.03. The van der Waals surface area contributed by atoms with Gasteiger partial charge in [-0.1, -0.05) is 43.2 Å². The van der Waals surface area contributed by atoms with Gasteiger partial charge in [0.1, 0.15) is 5.82 Å². The Hall–Kier alpha value is -2.97. The maximum atomic E-state index is 13.2. The Morgan fingerprint density at radius 1 is 0.912 bits per heavy atom. The number of aryl methyl sites for hydroxylation is 3. The number of nitrogens with one attached hydrogen (secondary N) is 1. The van der Waals surface area contributed by atoms with Gasteiger partial charge in [0.25, 0.3) is 0 Å². The summed E-state index contributed by atoms with van der Waals surface area (Å²) in [4.78, 5) is 11.7. The maximum Gasteiger partial charge on any atom is 0.243 e. The van der Waals surface area contributed by atoms with Crippen molar-refractivity contribution in [1.29, 1.82) is 0 Å². The SMILES string of the molecule is CCCCc1ccc(S(=O)(=O)N2CCN(c3nc(C)cc(Nc4ccc(C)cc4)n3)CC2)cc1. The van der Waals surface area contributed by atoms with Gasteiger partial charge >= 0.3 is 0 Å². The molecule has 0 aliphatic carbocycles. The van der Waals surface area contributed by atoms with Crippen LogP contribution in [0.3, 0.4) is 0 Å². The standard InChI is InChI=1S/C26H33N5O2S/c1-4-5-6-22-9-13-24(14-10-22)34(32,33)31-17-15-30(16-18-31)26-27-21(3)19-25(29-26)28-23-11-7-20(2)8-12-23/h7-14,19H,4-6,15-18H2,1-3H3,(H,27,28,29). The molecule has 2 heterocycles. The lowest BCUT2D eigenvalue weighted by Crippen LogP contribution is -2.49. The first-order chi connectivity index (χ1) is 16.3. The number of unbranched alkanes of at least 4 members (excludes halogenated alkanes) is 1. The zero-order valence-electron chi connectivity index (χ0n) is 20.2. The Morgan fingerprint density at radius 3 is 2.24 bits per heavy atom. The van der Waals surface area contributed by atoms with E-state index in [1.807, 2.05) is 42.2 Å². The van der Waals surface area contributed by atoms with Crippen LogP contribution in [0.4, 0.5) is 17.5 Å². The van der Waals surface area contributed by atoms with Crippen molar-refractivity contribution in [2.45, 2.75) is 44.9 Å². The first-order valence-corrected chi connectivity index (χ1v) is 13.3. The summed E-state index contributed by atoms with van der Waals surface area (Å²) < 4.78 is 27.9. The van der Waals surface area contributed by atoms with E-state index in [0.29, 0.717) is 37.0 Å². The molecular formula is C26H33N5O2S. The van der Waals surface area contributed by atoms with Crippen molar-refractivity contribution in [1.82, 2.24) is 14.3 Å². The molecule has 2 aromatic carbocycles. The molecule has 1 aliphatic heterocycles. The largest absolute Gasteiger partial charge is 0.340 e. The van der Waals surface area contributed by atoms with Crippen molar-refractivity contribution in [2.75, 3.05) is 36.4 Å². The van der Waals surface area contributed by atoms with Crippen LogP contribution in [0.25, 0.3) is 0 Å². The topological polar surface area (TPSA) is 78.4 Å². The minimum Gasteiger partial charge on any atom is -0.340 e. The van der Waals surface area contributed by atoms with Crippen LogP contribution in [-0.2, 0) is 16.4 Å². The van der Waals surface area contributed by atoms with Gasteiger partial charge in [-0.25, -0.2) is 13.4 Å². The van der Waals surface area contributed by atoms with Crippen molar-refractivity contribution in [3.05, 3.63) is 71.4 Å². The monoisotopic (exact) mass is 479 g/mol. The van der Waals surface area contributed by atoms with Gasteiger partial charge in [-0.15, -0.1) is 0 Å². The van der Waals surface area contributed by atoms with E-state index in [2.05, 4.69) is 36.3 Å². The van der Waals surface area contributed by atoms with E-state index in [-0.39, 0.29) is 0 Å². The molecule has 34 heavy (non-hydrogen) atoms. The van der Waals surface area contributed by atoms with E-state index < -0.39 is 10.0 Å². The third-order valence-corrected chi connectivity index (χ3v) is 7.98. The summed E-state index contributed by atoms with van der Waals surface area (Å²) in [7, 11) is -3.51. The summed E-state index contributed by atoms with van der Waals surface area (Å²) in [6, 6.07) is 17.4. The number of piperazine rings is 1. The summed E-state index contributed by atoms with van der Waals surface area (Å²) in [5, 5.41) is 3.34. The highest BCUT2D eigenvalue weighted by molar-refractivity contribution is 7.89. The minimum absolute atomic E-state index is 0.359. The molecule has 1 fully saturated rings. The molecule has 7 nitrogen and oxygen atoms in total. The summed E-state index contributed by atoms with van der Waals surface area (Å²) in [5.74, 6) is 1.34. The number of anilines is 3. The van der Waals surface area contributed by atoms with Crippen LogP contribution in [0, 0.1) is 13.8 Å². The Kier molecular flexibility index (Phi) is 7.48. The Balaban J connectivity index is 1.42. The van der Waals surface area contributed by atoms with Gasteiger partial charge in [0.05, 0.1) is 4.90 Å². The summed E-state index contributed by atoms with van der Waals surface area (Å²) in [6.07, 6.45) is 3.21. The van der Waals surface area contributed by atoms with Gasteiger partial charge in [0.15, 0.2) is 0 Å². The normalized spacial score (nSPS) is 14.9. The zero-order valence-corrected chi connectivity index (χ0v) is 21.0. The molecular weight excluding hydrogens is 446 g/mol. The number of rotatable bonds is 8. The van der Waals surface area contributed by atoms with E-state index >= 15 is 0 Å². The third-order valence-electron chi connectivity index (χ3n) is 6.07. The predicted octanol–water partition coefficient (Wildman–Crippen LogP) is 4.69. The smallest absolute Gasteiger partial charge is 0.243 e. The lowest BCUT2D eigenvalue weighted by atomic mass is 10.1. The Morgan fingerprint density at radius 2 is 1.59 bits per heavy atom. The molecule has 4 rings (SSSR count). The molecule has 3 aromatic rings. The van der Waals surface area contributed by atoms with Crippen LogP contribution in [0.1, 0.15) is 36.6 Å². The van der Waals surface area contributed by atoms with Crippen molar-refractivity contribution < 1.29 is 8.42 Å². The lowest BCUT2D eigenvalue weighted by Gasteiger charge is -2.34. The fourth-order valence-corrected chi connectivity index (χ4v) is 5.45. The van der Waals surface area contributed by atoms with Crippen molar-refractivity contribution in [3.8, 4) is 0 Å². The van der Waals surface area contributed by atoms with Gasteiger partial charge in [-0.2, -0.15) is 9.29 Å². The predicted molar refractivity (Wildman–Crippen MR) is 137 cm³/mol. The molecule has 0 bridgehead atoms. The molecule has 0 atom stereocenters. The van der Waals surface area contributed by atoms with E-state index in [0.717, 1.165) is 36.5 Å². The molecule has 0 radical (unpaired) electrons. The molecule has 0 unspecified atom stereocenters. The summed E-state index contributed by atoms with van der Waals surface area (Å²) >= 11 is 0. The van der Waals surface area contributed by atoms with Crippen molar-refractivity contribution >= 4 is 27.5 Å². The minimum atomic E-state index is -3.51. The average Bonchev–Trinajstić information content (AvgIpc) is 2.84. The number of sulfonamides is 1. The van der Waals surface area contributed by atoms with Crippen LogP contribution in [0.15, 0.2) is 59.5 Å². The molecule has 0 saturated carbocycles. The first kappa shape index (κ1) is 24.2. The van der Waals surface area contributed by atoms with E-state index in [4.69, 9.17) is 4.98 Å². The van der Waals surface area contributed by atoms with Crippen molar-refractivity contribution in [2.24, 2.45) is 0 Å². The van der Waals surface area contributed by atoms with Gasteiger partial charge in [0, 0.05) is 43.6 Å². The first-order valence-electron chi connectivity index (χ1n) is 11.9. The second-order valence-electron chi connectivity index (χ2n) is 8.82. The number of hydrogen-bond acceptors (Lipinski definition) is 6. The second kappa shape index (κ2) is 10.5. The highest BCUT2D eigenvalue weighted by Gasteiger charge is 2.29. The highest BCUT2D eigenvalue weighted by atomic mass is 32.2. The number of hydrogen-bond donors (Lipinski definition) is 1. The van der Waals surface area contributed by atoms with Crippen LogP contribution < -0.4 is 10.2 Å². The van der Waals surface area contributed by atoms with Gasteiger partial charge in [-0.3, -0.25) is 0 Å². The van der Waals surface area contributed by atoms with Gasteiger partial charge in [-0.05, 0) is 56.5 Å². The molecule has 1 N–H and O–H groups in total. The number of benzene rings is 2. The molecule has 0 amide bonds. The van der Waals surface area contributed by atoms with Gasteiger partial charge < -0.3 is 10.2 Å². The number of nitrogens with zero attached hydrogens (tertiary/aromatic N) is 4. The van der Waals surface area contributed by atoms with Crippen LogP contribution in [-0.4, -0.2) is 48.9 Å². The molecule has 180 valence electrons. The highest BCUT2D eigenvalue weighted by Crippen LogP contribution is 2.23. The van der Waals surface area contributed by atoms with E-state index in [1.165, 1.54) is 11.1 Å². The summed E-state index contributed by atoms with van der Waals surface area (Å²) in [6.45, 7) is 8.04. The number of aromatic nitrogens is 2. The van der Waals surface area contributed by atoms with Crippen LogP contribution in [0.5, 0.6) is 0 Å². The zero-order chi connectivity index (χ0) is 24.1. The molecule has 1 aromatic heterocycles.